The molecule has 0 aliphatic heterocycles. The van der Waals surface area contributed by atoms with Crippen LogP contribution in [0.15, 0.2) is 36.5 Å². The zero-order valence-electron chi connectivity index (χ0n) is 13.3. The zero-order valence-corrected chi connectivity index (χ0v) is 13.3. The molecule has 1 aromatic heterocycles. The summed E-state index contributed by atoms with van der Waals surface area (Å²) in [4.78, 5) is 4.42. The molecule has 0 bridgehead atoms. The van der Waals surface area contributed by atoms with Gasteiger partial charge in [0.05, 0.1) is 0 Å². The molecule has 2 rings (SSSR count). The summed E-state index contributed by atoms with van der Waals surface area (Å²) in [5.41, 5.74) is 3.54. The normalized spacial score (nSPS) is 10.9. The summed E-state index contributed by atoms with van der Waals surface area (Å²) in [7, 11) is 0. The van der Waals surface area contributed by atoms with Crippen molar-refractivity contribution in [1.29, 1.82) is 0 Å². The Labute approximate surface area is 127 Å². The number of aromatic nitrogens is 1. The lowest BCUT2D eigenvalue weighted by Gasteiger charge is -2.11. The number of hydrogen-bond acceptors (Lipinski definition) is 3. The smallest absolute Gasteiger partial charge is 0.222 e. The van der Waals surface area contributed by atoms with E-state index in [1.165, 1.54) is 11.1 Å². The summed E-state index contributed by atoms with van der Waals surface area (Å²) in [6.07, 6.45) is 1.87. The van der Waals surface area contributed by atoms with Crippen LogP contribution >= 0.6 is 0 Å². The molecule has 0 amide bonds. The van der Waals surface area contributed by atoms with E-state index in [-0.39, 0.29) is 0 Å². The first-order valence-corrected chi connectivity index (χ1v) is 7.54. The highest BCUT2D eigenvalue weighted by Gasteiger charge is 2.05. The van der Waals surface area contributed by atoms with Crippen molar-refractivity contribution in [1.82, 2.24) is 10.3 Å². The summed E-state index contributed by atoms with van der Waals surface area (Å²) in [6.45, 7) is 10.3. The molecule has 0 radical (unpaired) electrons. The second-order valence-corrected chi connectivity index (χ2v) is 5.57. The number of rotatable bonds is 6. The lowest BCUT2D eigenvalue weighted by Crippen LogP contribution is -2.12. The molecule has 3 nitrogen and oxygen atoms in total. The first-order chi connectivity index (χ1) is 10.1. The van der Waals surface area contributed by atoms with Crippen LogP contribution in [0.2, 0.25) is 0 Å². The topological polar surface area (TPSA) is 34.2 Å². The largest absolute Gasteiger partial charge is 0.439 e. The number of benzene rings is 1. The maximum atomic E-state index is 5.87. The summed E-state index contributed by atoms with van der Waals surface area (Å²) in [6, 6.07) is 10.3. The Morgan fingerprint density at radius 3 is 2.48 bits per heavy atom. The van der Waals surface area contributed by atoms with Crippen molar-refractivity contribution in [3.8, 4) is 11.6 Å². The summed E-state index contributed by atoms with van der Waals surface area (Å²) < 4.78 is 5.87. The molecule has 0 aliphatic rings. The molecular formula is C18H24N2O. The summed E-state index contributed by atoms with van der Waals surface area (Å²) in [5.74, 6) is 2.03. The number of pyridine rings is 1. The molecule has 0 spiro atoms. The number of hydrogen-bond donors (Lipinski definition) is 1. The van der Waals surface area contributed by atoms with Crippen LogP contribution in [0, 0.1) is 6.92 Å². The molecule has 0 fully saturated rings. The SMILES string of the molecule is CCNCc1cnc(Oc2ccc(C(C)C)cc2)c(C)c1. The number of nitrogens with one attached hydrogen (secondary N) is 1. The first kappa shape index (κ1) is 15.5. The van der Waals surface area contributed by atoms with Crippen molar-refractivity contribution < 1.29 is 4.74 Å². The molecule has 0 saturated heterocycles. The third kappa shape index (κ3) is 4.30. The highest BCUT2D eigenvalue weighted by molar-refractivity contribution is 5.35. The van der Waals surface area contributed by atoms with Gasteiger partial charge in [-0.15, -0.1) is 0 Å². The predicted octanol–water partition coefficient (Wildman–Crippen LogP) is 4.42. The minimum absolute atomic E-state index is 0.532. The molecule has 1 aromatic carbocycles. The second-order valence-electron chi connectivity index (χ2n) is 5.57. The average molecular weight is 284 g/mol. The Kier molecular flexibility index (Phi) is 5.34. The zero-order chi connectivity index (χ0) is 15.2. The van der Waals surface area contributed by atoms with E-state index >= 15 is 0 Å². The Morgan fingerprint density at radius 2 is 1.90 bits per heavy atom. The van der Waals surface area contributed by atoms with Crippen LogP contribution in [0.3, 0.4) is 0 Å². The molecule has 0 atom stereocenters. The van der Waals surface area contributed by atoms with Crippen LogP contribution < -0.4 is 10.1 Å². The van der Waals surface area contributed by atoms with Crippen molar-refractivity contribution >= 4 is 0 Å². The van der Waals surface area contributed by atoms with E-state index in [2.05, 4.69) is 49.3 Å². The molecule has 0 unspecified atom stereocenters. The monoisotopic (exact) mass is 284 g/mol. The molecule has 1 heterocycles. The Balaban J connectivity index is 2.08. The number of nitrogens with zero attached hydrogens (tertiary/aromatic N) is 1. The molecule has 0 aliphatic carbocycles. The second kappa shape index (κ2) is 7.23. The molecular weight excluding hydrogens is 260 g/mol. The highest BCUT2D eigenvalue weighted by Crippen LogP contribution is 2.25. The fourth-order valence-corrected chi connectivity index (χ4v) is 2.13. The van der Waals surface area contributed by atoms with Gasteiger partial charge in [-0.2, -0.15) is 0 Å². The third-order valence-corrected chi connectivity index (χ3v) is 3.43. The molecule has 21 heavy (non-hydrogen) atoms. The summed E-state index contributed by atoms with van der Waals surface area (Å²) in [5, 5.41) is 3.30. The van der Waals surface area contributed by atoms with Gasteiger partial charge in [-0.05, 0) is 48.7 Å². The Hall–Kier alpha value is -1.87. The van der Waals surface area contributed by atoms with Crippen molar-refractivity contribution in [2.45, 2.75) is 40.2 Å². The van der Waals surface area contributed by atoms with Gasteiger partial charge in [0.15, 0.2) is 0 Å². The lowest BCUT2D eigenvalue weighted by molar-refractivity contribution is 0.458. The minimum atomic E-state index is 0.532. The highest BCUT2D eigenvalue weighted by atomic mass is 16.5. The van der Waals surface area contributed by atoms with Crippen LogP contribution in [-0.4, -0.2) is 11.5 Å². The fourth-order valence-electron chi connectivity index (χ4n) is 2.13. The Bertz CT molecular complexity index is 576. The quantitative estimate of drug-likeness (QED) is 0.853. The standard InChI is InChI=1S/C18H24N2O/c1-5-19-11-15-10-14(4)18(20-12-15)21-17-8-6-16(7-9-17)13(2)3/h6-10,12-13,19H,5,11H2,1-4H3. The molecule has 3 heteroatoms. The van der Waals surface area contributed by atoms with Crippen LogP contribution in [0.1, 0.15) is 43.4 Å². The van der Waals surface area contributed by atoms with Crippen LogP contribution in [-0.2, 0) is 6.54 Å². The van der Waals surface area contributed by atoms with E-state index in [4.69, 9.17) is 4.74 Å². The molecule has 112 valence electrons. The molecule has 0 saturated carbocycles. The first-order valence-electron chi connectivity index (χ1n) is 7.54. The van der Waals surface area contributed by atoms with Gasteiger partial charge >= 0.3 is 0 Å². The van der Waals surface area contributed by atoms with Crippen LogP contribution in [0.25, 0.3) is 0 Å². The van der Waals surface area contributed by atoms with Gasteiger partial charge < -0.3 is 10.1 Å². The fraction of sp³-hybridized carbons (Fsp3) is 0.389. The van der Waals surface area contributed by atoms with E-state index in [1.54, 1.807) is 0 Å². The van der Waals surface area contributed by atoms with E-state index in [1.807, 2.05) is 25.3 Å². The lowest BCUT2D eigenvalue weighted by atomic mass is 10.0. The predicted molar refractivity (Wildman–Crippen MR) is 87.0 cm³/mol. The van der Waals surface area contributed by atoms with Gasteiger partial charge in [0.25, 0.3) is 0 Å². The molecule has 1 N–H and O–H groups in total. The Morgan fingerprint density at radius 1 is 1.19 bits per heavy atom. The van der Waals surface area contributed by atoms with Crippen molar-refractivity contribution in [3.05, 3.63) is 53.2 Å². The van der Waals surface area contributed by atoms with Crippen LogP contribution in [0.4, 0.5) is 0 Å². The maximum absolute atomic E-state index is 5.87. The van der Waals surface area contributed by atoms with E-state index in [0.717, 1.165) is 24.4 Å². The van der Waals surface area contributed by atoms with Gasteiger partial charge in [-0.25, -0.2) is 4.98 Å². The number of aryl methyl sites for hydroxylation is 1. The van der Waals surface area contributed by atoms with E-state index < -0.39 is 0 Å². The van der Waals surface area contributed by atoms with Crippen LogP contribution in [0.5, 0.6) is 11.6 Å². The van der Waals surface area contributed by atoms with Gasteiger partial charge in [0, 0.05) is 18.3 Å². The van der Waals surface area contributed by atoms with Gasteiger partial charge in [-0.3, -0.25) is 0 Å². The van der Waals surface area contributed by atoms with Gasteiger partial charge in [0.1, 0.15) is 5.75 Å². The van der Waals surface area contributed by atoms with E-state index in [0.29, 0.717) is 11.8 Å². The maximum Gasteiger partial charge on any atom is 0.222 e. The van der Waals surface area contributed by atoms with Crippen molar-refractivity contribution in [2.24, 2.45) is 0 Å². The molecule has 2 aromatic rings. The van der Waals surface area contributed by atoms with Crippen molar-refractivity contribution in [2.75, 3.05) is 6.54 Å². The minimum Gasteiger partial charge on any atom is -0.439 e. The van der Waals surface area contributed by atoms with Gasteiger partial charge in [-0.1, -0.05) is 32.9 Å². The number of ether oxygens (including phenoxy) is 1. The average Bonchev–Trinajstić information content (AvgIpc) is 2.48. The summed E-state index contributed by atoms with van der Waals surface area (Å²) >= 11 is 0. The van der Waals surface area contributed by atoms with E-state index in [9.17, 15) is 0 Å². The van der Waals surface area contributed by atoms with Crippen molar-refractivity contribution in [3.63, 3.8) is 0 Å². The third-order valence-electron chi connectivity index (χ3n) is 3.43. The van der Waals surface area contributed by atoms with Gasteiger partial charge in [0.2, 0.25) is 5.88 Å².